The smallest absolute Gasteiger partial charge is 0.0572 e. The van der Waals surface area contributed by atoms with Crippen LogP contribution in [0, 0.1) is 0 Å². The van der Waals surface area contributed by atoms with E-state index in [0.717, 1.165) is 12.1 Å². The van der Waals surface area contributed by atoms with Crippen molar-refractivity contribution in [3.63, 3.8) is 0 Å². The van der Waals surface area contributed by atoms with Crippen LogP contribution in [0.3, 0.4) is 0 Å². The zero-order valence-corrected chi connectivity index (χ0v) is 10.9. The second kappa shape index (κ2) is 5.50. The molecule has 2 unspecified atom stereocenters. The number of aromatic nitrogens is 1. The van der Waals surface area contributed by atoms with E-state index in [1.807, 2.05) is 6.20 Å². The van der Waals surface area contributed by atoms with E-state index in [0.29, 0.717) is 6.04 Å². The summed E-state index contributed by atoms with van der Waals surface area (Å²) in [7, 11) is 0. The van der Waals surface area contributed by atoms with Gasteiger partial charge in [0.25, 0.3) is 0 Å². The fourth-order valence-corrected chi connectivity index (χ4v) is 2.60. The molecule has 2 rings (SSSR count). The molecule has 2 atom stereocenters. The second-order valence-electron chi connectivity index (χ2n) is 4.85. The van der Waals surface area contributed by atoms with E-state index in [1.165, 1.54) is 31.5 Å². The molecule has 1 aliphatic rings. The zero-order valence-electron chi connectivity index (χ0n) is 10.9. The summed E-state index contributed by atoms with van der Waals surface area (Å²) in [5.74, 6) is 0. The molecule has 94 valence electrons. The summed E-state index contributed by atoms with van der Waals surface area (Å²) in [5, 5.41) is 0. The van der Waals surface area contributed by atoms with E-state index in [-0.39, 0.29) is 6.04 Å². The first-order valence-electron chi connectivity index (χ1n) is 6.74. The maximum absolute atomic E-state index is 5.98. The molecule has 0 spiro atoms. The van der Waals surface area contributed by atoms with E-state index >= 15 is 0 Å². The Labute approximate surface area is 104 Å². The largest absolute Gasteiger partial charge is 0.367 e. The first-order valence-corrected chi connectivity index (χ1v) is 6.74. The lowest BCUT2D eigenvalue weighted by Gasteiger charge is -2.25. The third kappa shape index (κ3) is 2.60. The molecule has 0 aromatic carbocycles. The van der Waals surface area contributed by atoms with Gasteiger partial charge < -0.3 is 10.6 Å². The van der Waals surface area contributed by atoms with E-state index in [1.54, 1.807) is 0 Å². The average Bonchev–Trinajstić information content (AvgIpc) is 2.86. The highest BCUT2D eigenvalue weighted by molar-refractivity contribution is 5.47. The number of nitrogens with two attached hydrogens (primary N) is 1. The van der Waals surface area contributed by atoms with Crippen molar-refractivity contribution in [3.05, 3.63) is 24.0 Å². The van der Waals surface area contributed by atoms with Crippen molar-refractivity contribution < 1.29 is 0 Å². The minimum Gasteiger partial charge on any atom is -0.367 e. The molecule has 1 saturated heterocycles. The van der Waals surface area contributed by atoms with Crippen molar-refractivity contribution in [2.24, 2.45) is 5.73 Å². The Morgan fingerprint density at radius 2 is 2.29 bits per heavy atom. The molecular formula is C14H23N3. The first-order chi connectivity index (χ1) is 8.26. The van der Waals surface area contributed by atoms with Gasteiger partial charge in [-0.2, -0.15) is 0 Å². The minimum absolute atomic E-state index is 0.0737. The number of hydrogen-bond acceptors (Lipinski definition) is 3. The molecule has 1 aliphatic heterocycles. The van der Waals surface area contributed by atoms with Crippen LogP contribution in [-0.2, 0) is 0 Å². The Bertz CT molecular complexity index is 347. The van der Waals surface area contributed by atoms with Crippen molar-refractivity contribution >= 4 is 5.69 Å². The van der Waals surface area contributed by atoms with Crippen molar-refractivity contribution in [3.8, 4) is 0 Å². The molecule has 1 aromatic heterocycles. The van der Waals surface area contributed by atoms with E-state index < -0.39 is 0 Å². The minimum atomic E-state index is 0.0737. The van der Waals surface area contributed by atoms with Crippen LogP contribution in [0.1, 0.15) is 51.3 Å². The molecule has 1 fully saturated rings. The fraction of sp³-hybridized carbons (Fsp3) is 0.643. The number of hydrogen-bond donors (Lipinski definition) is 1. The molecule has 0 radical (unpaired) electrons. The summed E-state index contributed by atoms with van der Waals surface area (Å²) < 4.78 is 0. The molecule has 0 amide bonds. The Morgan fingerprint density at radius 3 is 2.88 bits per heavy atom. The fourth-order valence-electron chi connectivity index (χ4n) is 2.60. The van der Waals surface area contributed by atoms with E-state index in [4.69, 9.17) is 5.73 Å². The number of anilines is 1. The molecule has 0 bridgehead atoms. The Kier molecular flexibility index (Phi) is 4.00. The summed E-state index contributed by atoms with van der Waals surface area (Å²) in [6.45, 7) is 5.52. The summed E-state index contributed by atoms with van der Waals surface area (Å²) in [4.78, 5) is 6.98. The highest BCUT2D eigenvalue weighted by Gasteiger charge is 2.23. The Morgan fingerprint density at radius 1 is 1.47 bits per heavy atom. The number of nitrogens with zero attached hydrogens (tertiary/aromatic N) is 2. The van der Waals surface area contributed by atoms with Gasteiger partial charge in [0.2, 0.25) is 0 Å². The lowest BCUT2D eigenvalue weighted by molar-refractivity contribution is 0.642. The first kappa shape index (κ1) is 12.4. The maximum Gasteiger partial charge on any atom is 0.0572 e. The van der Waals surface area contributed by atoms with Gasteiger partial charge in [-0.15, -0.1) is 0 Å². The van der Waals surface area contributed by atoms with Crippen LogP contribution in [0.5, 0.6) is 0 Å². The summed E-state index contributed by atoms with van der Waals surface area (Å²) in [5.41, 5.74) is 8.23. The normalized spacial score (nSPS) is 21.8. The lowest BCUT2D eigenvalue weighted by atomic mass is 10.1. The van der Waals surface area contributed by atoms with E-state index in [2.05, 4.69) is 35.9 Å². The van der Waals surface area contributed by atoms with Crippen molar-refractivity contribution in [1.82, 2.24) is 4.98 Å². The highest BCUT2D eigenvalue weighted by Crippen LogP contribution is 2.27. The second-order valence-corrected chi connectivity index (χ2v) is 4.85. The summed E-state index contributed by atoms with van der Waals surface area (Å²) in [6, 6.07) is 5.02. The van der Waals surface area contributed by atoms with Gasteiger partial charge >= 0.3 is 0 Å². The van der Waals surface area contributed by atoms with Crippen LogP contribution in [0.15, 0.2) is 18.3 Å². The molecule has 17 heavy (non-hydrogen) atoms. The van der Waals surface area contributed by atoms with Crippen LogP contribution in [0.25, 0.3) is 0 Å². The summed E-state index contributed by atoms with van der Waals surface area (Å²) >= 11 is 0. The maximum atomic E-state index is 5.98. The van der Waals surface area contributed by atoms with Crippen LogP contribution >= 0.6 is 0 Å². The van der Waals surface area contributed by atoms with Gasteiger partial charge in [0, 0.05) is 18.6 Å². The lowest BCUT2D eigenvalue weighted by Crippen LogP contribution is -2.28. The number of rotatable bonds is 4. The Balaban J connectivity index is 2.12. The molecule has 3 nitrogen and oxygen atoms in total. The monoisotopic (exact) mass is 233 g/mol. The van der Waals surface area contributed by atoms with Crippen LogP contribution in [-0.4, -0.2) is 17.6 Å². The Hall–Kier alpha value is -1.09. The molecule has 2 N–H and O–H groups in total. The summed E-state index contributed by atoms with van der Waals surface area (Å²) in [6.07, 6.45) is 6.75. The third-order valence-electron chi connectivity index (χ3n) is 3.77. The molecule has 2 heterocycles. The standard InChI is InChI=1S/C14H23N3/c1-3-11-6-5-9-17(11)12-7-8-14(16-10-12)13(15)4-2/h7-8,10-11,13H,3-6,9,15H2,1-2H3. The molecule has 1 aromatic rings. The number of pyridine rings is 1. The average molecular weight is 233 g/mol. The predicted octanol–water partition coefficient (Wildman–Crippen LogP) is 2.87. The van der Waals surface area contributed by atoms with Gasteiger partial charge in [-0.05, 0) is 37.8 Å². The van der Waals surface area contributed by atoms with Crippen LogP contribution in [0.4, 0.5) is 5.69 Å². The molecular weight excluding hydrogens is 210 g/mol. The highest BCUT2D eigenvalue weighted by atomic mass is 15.2. The van der Waals surface area contributed by atoms with Gasteiger partial charge in [0.1, 0.15) is 0 Å². The van der Waals surface area contributed by atoms with Crippen LogP contribution < -0.4 is 10.6 Å². The topological polar surface area (TPSA) is 42.1 Å². The SMILES string of the molecule is CCC(N)c1ccc(N2CCCC2CC)cn1. The van der Waals surface area contributed by atoms with Gasteiger partial charge in [-0.1, -0.05) is 13.8 Å². The van der Waals surface area contributed by atoms with Gasteiger partial charge in [0.05, 0.1) is 17.6 Å². The van der Waals surface area contributed by atoms with Crippen molar-refractivity contribution in [2.75, 3.05) is 11.4 Å². The van der Waals surface area contributed by atoms with Gasteiger partial charge in [-0.3, -0.25) is 4.98 Å². The van der Waals surface area contributed by atoms with Crippen LogP contribution in [0.2, 0.25) is 0 Å². The van der Waals surface area contributed by atoms with Gasteiger partial charge in [0.15, 0.2) is 0 Å². The zero-order chi connectivity index (χ0) is 12.3. The van der Waals surface area contributed by atoms with Crippen molar-refractivity contribution in [2.45, 2.75) is 51.6 Å². The van der Waals surface area contributed by atoms with Gasteiger partial charge in [-0.25, -0.2) is 0 Å². The van der Waals surface area contributed by atoms with E-state index in [9.17, 15) is 0 Å². The predicted molar refractivity (Wildman–Crippen MR) is 72.1 cm³/mol. The quantitative estimate of drug-likeness (QED) is 0.869. The third-order valence-corrected chi connectivity index (χ3v) is 3.77. The van der Waals surface area contributed by atoms with Crippen molar-refractivity contribution in [1.29, 1.82) is 0 Å². The molecule has 3 heteroatoms. The molecule has 0 aliphatic carbocycles. The molecule has 0 saturated carbocycles.